The van der Waals surface area contributed by atoms with Crippen LogP contribution in [0.1, 0.15) is 22.4 Å². The number of aromatic nitrogens is 1. The van der Waals surface area contributed by atoms with Gasteiger partial charge in [0.15, 0.2) is 0 Å². The minimum Gasteiger partial charge on any atom is -0.438 e. The zero-order chi connectivity index (χ0) is 13.1. The van der Waals surface area contributed by atoms with Crippen molar-refractivity contribution >= 4 is 11.6 Å². The number of hydrogen-bond donors (Lipinski definition) is 0. The summed E-state index contributed by atoms with van der Waals surface area (Å²) in [6.07, 6.45) is 0. The normalized spacial score (nSPS) is 10.4. The van der Waals surface area contributed by atoms with E-state index in [2.05, 4.69) is 4.98 Å². The molecule has 2 nitrogen and oxygen atoms in total. The van der Waals surface area contributed by atoms with Crippen LogP contribution in [0.2, 0.25) is 0 Å². The summed E-state index contributed by atoms with van der Waals surface area (Å²) in [5, 5.41) is 0. The maximum atomic E-state index is 5.98. The van der Waals surface area contributed by atoms with Gasteiger partial charge in [-0.15, -0.1) is 11.6 Å². The number of rotatable bonds is 3. The molecule has 0 N–H and O–H groups in total. The van der Waals surface area contributed by atoms with Crippen molar-refractivity contribution in [2.24, 2.45) is 0 Å². The van der Waals surface area contributed by atoms with E-state index < -0.39 is 0 Å². The highest BCUT2D eigenvalue weighted by molar-refractivity contribution is 6.17. The average molecular weight is 262 g/mol. The summed E-state index contributed by atoms with van der Waals surface area (Å²) in [7, 11) is 0. The molecule has 0 radical (unpaired) electrons. The van der Waals surface area contributed by atoms with Crippen LogP contribution in [0.5, 0.6) is 11.6 Å². The maximum Gasteiger partial charge on any atom is 0.224 e. The van der Waals surface area contributed by atoms with Gasteiger partial charge in [-0.2, -0.15) is 0 Å². The third-order valence-corrected chi connectivity index (χ3v) is 3.14. The monoisotopic (exact) mass is 261 g/mol. The van der Waals surface area contributed by atoms with Crippen LogP contribution in [-0.2, 0) is 5.88 Å². The van der Waals surface area contributed by atoms with Gasteiger partial charge in [0.25, 0.3) is 0 Å². The second-order valence-electron chi connectivity index (χ2n) is 4.37. The predicted molar refractivity (Wildman–Crippen MR) is 74.5 cm³/mol. The summed E-state index contributed by atoms with van der Waals surface area (Å²) in [4.78, 5) is 4.43. The van der Waals surface area contributed by atoms with Crippen molar-refractivity contribution in [3.63, 3.8) is 0 Å². The smallest absolute Gasteiger partial charge is 0.224 e. The molecule has 0 amide bonds. The van der Waals surface area contributed by atoms with Gasteiger partial charge in [-0.3, -0.25) is 0 Å². The Morgan fingerprint density at radius 2 is 1.83 bits per heavy atom. The number of nitrogens with zero attached hydrogens (tertiary/aromatic N) is 1. The standard InChI is InChI=1S/C15H16ClNO/c1-10-6-4-5-7-14(10)18-15-13(9-16)11(2)8-12(3)17-15/h4-8H,9H2,1-3H3. The van der Waals surface area contributed by atoms with Crippen LogP contribution in [0.25, 0.3) is 0 Å². The highest BCUT2D eigenvalue weighted by atomic mass is 35.5. The van der Waals surface area contributed by atoms with Crippen molar-refractivity contribution in [2.75, 3.05) is 0 Å². The van der Waals surface area contributed by atoms with E-state index in [1.807, 2.05) is 51.1 Å². The molecule has 18 heavy (non-hydrogen) atoms. The number of alkyl halides is 1. The molecule has 2 rings (SSSR count). The van der Waals surface area contributed by atoms with Gasteiger partial charge < -0.3 is 4.74 Å². The highest BCUT2D eigenvalue weighted by Crippen LogP contribution is 2.29. The molecule has 1 heterocycles. The molecule has 1 aromatic heterocycles. The number of para-hydroxylation sites is 1. The number of pyridine rings is 1. The topological polar surface area (TPSA) is 22.1 Å². The molecule has 0 aliphatic rings. The van der Waals surface area contributed by atoms with Crippen LogP contribution < -0.4 is 4.74 Å². The molecule has 3 heteroatoms. The fourth-order valence-corrected chi connectivity index (χ4v) is 2.18. The van der Waals surface area contributed by atoms with E-state index in [0.29, 0.717) is 11.8 Å². The molecular weight excluding hydrogens is 246 g/mol. The first-order chi connectivity index (χ1) is 8.61. The minimum absolute atomic E-state index is 0.403. The third kappa shape index (κ3) is 2.65. The van der Waals surface area contributed by atoms with Crippen molar-refractivity contribution in [1.29, 1.82) is 0 Å². The molecule has 0 saturated carbocycles. The Morgan fingerprint density at radius 3 is 2.50 bits per heavy atom. The van der Waals surface area contributed by atoms with E-state index in [1.165, 1.54) is 0 Å². The second kappa shape index (κ2) is 5.40. The Bertz CT molecular complexity index is 566. The average Bonchev–Trinajstić information content (AvgIpc) is 2.31. The molecule has 2 aromatic rings. The van der Waals surface area contributed by atoms with Crippen LogP contribution in [-0.4, -0.2) is 4.98 Å². The largest absolute Gasteiger partial charge is 0.438 e. The molecule has 0 aliphatic carbocycles. The maximum absolute atomic E-state index is 5.98. The quantitative estimate of drug-likeness (QED) is 0.757. The first-order valence-corrected chi connectivity index (χ1v) is 6.42. The fourth-order valence-electron chi connectivity index (χ4n) is 1.85. The Hall–Kier alpha value is -1.54. The first kappa shape index (κ1) is 12.9. The third-order valence-electron chi connectivity index (χ3n) is 2.87. The number of aryl methyl sites for hydroxylation is 3. The lowest BCUT2D eigenvalue weighted by molar-refractivity contribution is 0.453. The SMILES string of the molecule is Cc1cc(C)c(CCl)c(Oc2ccccc2C)n1. The van der Waals surface area contributed by atoms with Gasteiger partial charge in [0.05, 0.1) is 5.88 Å². The van der Waals surface area contributed by atoms with E-state index in [4.69, 9.17) is 16.3 Å². The molecule has 0 aliphatic heterocycles. The second-order valence-corrected chi connectivity index (χ2v) is 4.63. The van der Waals surface area contributed by atoms with Gasteiger partial charge in [0, 0.05) is 11.3 Å². The Balaban J connectivity index is 2.43. The van der Waals surface area contributed by atoms with Crippen molar-refractivity contribution in [1.82, 2.24) is 4.98 Å². The summed E-state index contributed by atoms with van der Waals surface area (Å²) >= 11 is 5.98. The zero-order valence-electron chi connectivity index (χ0n) is 10.8. The van der Waals surface area contributed by atoms with Gasteiger partial charge in [-0.25, -0.2) is 4.98 Å². The number of halogens is 1. The van der Waals surface area contributed by atoms with E-state index in [0.717, 1.165) is 28.1 Å². The zero-order valence-corrected chi connectivity index (χ0v) is 11.6. The molecule has 0 unspecified atom stereocenters. The molecule has 0 atom stereocenters. The van der Waals surface area contributed by atoms with E-state index in [9.17, 15) is 0 Å². The van der Waals surface area contributed by atoms with Crippen LogP contribution in [0.4, 0.5) is 0 Å². The first-order valence-electron chi connectivity index (χ1n) is 5.88. The molecule has 0 saturated heterocycles. The van der Waals surface area contributed by atoms with Crippen molar-refractivity contribution < 1.29 is 4.74 Å². The van der Waals surface area contributed by atoms with Crippen molar-refractivity contribution in [2.45, 2.75) is 26.7 Å². The van der Waals surface area contributed by atoms with Crippen LogP contribution in [0, 0.1) is 20.8 Å². The molecule has 0 bridgehead atoms. The Labute approximate surface area is 113 Å². The van der Waals surface area contributed by atoms with Crippen LogP contribution in [0.15, 0.2) is 30.3 Å². The number of benzene rings is 1. The molecular formula is C15H16ClNO. The lowest BCUT2D eigenvalue weighted by Crippen LogP contribution is -1.99. The summed E-state index contributed by atoms with van der Waals surface area (Å²) in [5.74, 6) is 1.83. The highest BCUT2D eigenvalue weighted by Gasteiger charge is 2.11. The summed E-state index contributed by atoms with van der Waals surface area (Å²) in [6, 6.07) is 9.90. The molecule has 0 fully saturated rings. The van der Waals surface area contributed by atoms with E-state index in [1.54, 1.807) is 0 Å². The van der Waals surface area contributed by atoms with Crippen molar-refractivity contribution in [3.8, 4) is 11.6 Å². The Morgan fingerprint density at radius 1 is 1.11 bits per heavy atom. The predicted octanol–water partition coefficient (Wildman–Crippen LogP) is 4.54. The fraction of sp³-hybridized carbons (Fsp3) is 0.267. The van der Waals surface area contributed by atoms with Crippen molar-refractivity contribution in [3.05, 3.63) is 52.7 Å². The summed E-state index contributed by atoms with van der Waals surface area (Å²) in [5.41, 5.74) is 4.08. The Kier molecular flexibility index (Phi) is 3.87. The summed E-state index contributed by atoms with van der Waals surface area (Å²) < 4.78 is 5.90. The van der Waals surface area contributed by atoms with Gasteiger partial charge in [-0.1, -0.05) is 18.2 Å². The van der Waals surface area contributed by atoms with Gasteiger partial charge in [0.1, 0.15) is 5.75 Å². The van der Waals surface area contributed by atoms with Crippen LogP contribution in [0.3, 0.4) is 0 Å². The van der Waals surface area contributed by atoms with E-state index >= 15 is 0 Å². The minimum atomic E-state index is 0.403. The lowest BCUT2D eigenvalue weighted by Gasteiger charge is -2.13. The van der Waals surface area contributed by atoms with Crippen LogP contribution >= 0.6 is 11.6 Å². The van der Waals surface area contributed by atoms with Gasteiger partial charge in [-0.05, 0) is 44.0 Å². The van der Waals surface area contributed by atoms with Gasteiger partial charge in [0.2, 0.25) is 5.88 Å². The number of ether oxygens (including phenoxy) is 1. The summed E-state index contributed by atoms with van der Waals surface area (Å²) in [6.45, 7) is 5.99. The van der Waals surface area contributed by atoms with E-state index in [-0.39, 0.29) is 0 Å². The molecule has 1 aromatic carbocycles. The lowest BCUT2D eigenvalue weighted by atomic mass is 10.1. The molecule has 94 valence electrons. The molecule has 0 spiro atoms. The number of hydrogen-bond acceptors (Lipinski definition) is 2. The van der Waals surface area contributed by atoms with Gasteiger partial charge >= 0.3 is 0 Å².